The molecule has 8 heteroatoms. The lowest BCUT2D eigenvalue weighted by molar-refractivity contribution is -0.143. The molecular formula is C31H35N3O4S. The van der Waals surface area contributed by atoms with Crippen molar-refractivity contribution in [3.8, 4) is 17.0 Å². The number of aromatic nitrogens is 1. The van der Waals surface area contributed by atoms with Crippen LogP contribution in [0.4, 0.5) is 5.13 Å². The van der Waals surface area contributed by atoms with Gasteiger partial charge in [-0.15, -0.1) is 11.3 Å². The normalized spacial score (nSPS) is 24.8. The number of anilines is 1. The van der Waals surface area contributed by atoms with Crippen LogP contribution in [-0.2, 0) is 29.1 Å². The molecule has 3 fully saturated rings. The summed E-state index contributed by atoms with van der Waals surface area (Å²) in [5.41, 5.74) is 6.54. The molecule has 0 spiro atoms. The number of rotatable bonds is 7. The van der Waals surface area contributed by atoms with Crippen LogP contribution in [0.25, 0.3) is 11.3 Å². The number of aliphatic carboxylic acids is 1. The summed E-state index contributed by atoms with van der Waals surface area (Å²) in [5.74, 6) is 0.411. The van der Waals surface area contributed by atoms with Crippen LogP contribution in [0.3, 0.4) is 0 Å². The molecule has 0 amide bonds. The van der Waals surface area contributed by atoms with Crippen molar-refractivity contribution in [3.63, 3.8) is 0 Å². The lowest BCUT2D eigenvalue weighted by atomic mass is 9.95. The zero-order valence-corrected chi connectivity index (χ0v) is 23.2. The Balaban J connectivity index is 1.04. The summed E-state index contributed by atoms with van der Waals surface area (Å²) in [7, 11) is 0. The van der Waals surface area contributed by atoms with Crippen LogP contribution in [0.1, 0.15) is 41.5 Å². The van der Waals surface area contributed by atoms with Gasteiger partial charge in [0.25, 0.3) is 0 Å². The van der Waals surface area contributed by atoms with Gasteiger partial charge < -0.3 is 19.5 Å². The highest BCUT2D eigenvalue weighted by atomic mass is 32.1. The summed E-state index contributed by atoms with van der Waals surface area (Å²) in [6.07, 6.45) is 4.16. The molecule has 3 aromatic rings. The van der Waals surface area contributed by atoms with Crippen molar-refractivity contribution in [2.75, 3.05) is 37.7 Å². The van der Waals surface area contributed by atoms with Gasteiger partial charge in [0.05, 0.1) is 11.1 Å². The maximum Gasteiger partial charge on any atom is 0.311 e. The first-order valence-electron chi connectivity index (χ1n) is 14.1. The highest BCUT2D eigenvalue weighted by Crippen LogP contribution is 2.58. The van der Waals surface area contributed by atoms with E-state index in [1.165, 1.54) is 16.7 Å². The number of aryl methyl sites for hydroxylation is 1. The average molecular weight is 546 g/mol. The lowest BCUT2D eigenvalue weighted by Crippen LogP contribution is -2.42. The van der Waals surface area contributed by atoms with Gasteiger partial charge in [-0.1, -0.05) is 29.8 Å². The molecule has 2 saturated heterocycles. The van der Waals surface area contributed by atoms with Crippen LogP contribution in [0, 0.1) is 18.3 Å². The van der Waals surface area contributed by atoms with E-state index in [1.54, 1.807) is 11.3 Å². The molecule has 7 nitrogen and oxygen atoms in total. The second kappa shape index (κ2) is 9.91. The minimum Gasteiger partial charge on any atom is -0.488 e. The summed E-state index contributed by atoms with van der Waals surface area (Å²) >= 11 is 1.58. The standard InChI is InChI=1S/C31H35N3O4S/c1-20-2-5-28(26(12-20)27-18-39-30(32-27)34-16-24-14-31(24,19-34)29(35)36)38-17-21-3-4-23-15-33(9-6-22(23)13-21)25-7-10-37-11-8-25/h2-5,12-13,18,24-25H,6-11,14-17,19H2,1H3,(H,35,36)/t24-,31-/m0/s1. The third kappa shape index (κ3) is 4.72. The predicted molar refractivity (Wildman–Crippen MR) is 151 cm³/mol. The number of piperidine rings is 1. The smallest absolute Gasteiger partial charge is 0.311 e. The first-order valence-corrected chi connectivity index (χ1v) is 15.0. The summed E-state index contributed by atoms with van der Waals surface area (Å²) in [6.45, 7) is 7.85. The van der Waals surface area contributed by atoms with Crippen molar-refractivity contribution in [1.82, 2.24) is 9.88 Å². The summed E-state index contributed by atoms with van der Waals surface area (Å²) in [4.78, 5) is 21.4. The SMILES string of the molecule is Cc1ccc(OCc2ccc3c(c2)CCN(C2CCOCC2)C3)c(-c2csc(N3C[C@@H]4C[C@]4(C(=O)O)C3)n2)c1. The molecule has 1 aromatic heterocycles. The van der Waals surface area contributed by atoms with E-state index in [9.17, 15) is 9.90 Å². The van der Waals surface area contributed by atoms with Gasteiger partial charge >= 0.3 is 5.97 Å². The number of nitrogens with zero attached hydrogens (tertiary/aromatic N) is 3. The quantitative estimate of drug-likeness (QED) is 0.440. The van der Waals surface area contributed by atoms with E-state index in [4.69, 9.17) is 14.5 Å². The van der Waals surface area contributed by atoms with E-state index in [0.717, 1.165) is 86.2 Å². The van der Waals surface area contributed by atoms with Crippen LogP contribution in [0.15, 0.2) is 41.8 Å². The van der Waals surface area contributed by atoms with Gasteiger partial charge in [0.1, 0.15) is 12.4 Å². The first-order chi connectivity index (χ1) is 19.0. The van der Waals surface area contributed by atoms with Gasteiger partial charge in [-0.2, -0.15) is 0 Å². The highest BCUT2D eigenvalue weighted by molar-refractivity contribution is 7.14. The summed E-state index contributed by atoms with van der Waals surface area (Å²) < 4.78 is 12.0. The maximum absolute atomic E-state index is 11.7. The number of benzene rings is 2. The third-order valence-electron chi connectivity index (χ3n) is 9.16. The Hall–Kier alpha value is -2.94. The van der Waals surface area contributed by atoms with Crippen LogP contribution >= 0.6 is 11.3 Å². The Bertz CT molecular complexity index is 1400. The van der Waals surface area contributed by atoms with Gasteiger partial charge in [0, 0.05) is 56.4 Å². The lowest BCUT2D eigenvalue weighted by Gasteiger charge is -2.37. The Kier molecular flexibility index (Phi) is 6.37. The van der Waals surface area contributed by atoms with Gasteiger partial charge in [0.15, 0.2) is 5.13 Å². The van der Waals surface area contributed by atoms with Crippen molar-refractivity contribution in [2.24, 2.45) is 11.3 Å². The van der Waals surface area contributed by atoms with Crippen LogP contribution in [-0.4, -0.2) is 59.8 Å². The second-order valence-electron chi connectivity index (χ2n) is 11.7. The number of thiazole rings is 1. The highest BCUT2D eigenvalue weighted by Gasteiger charge is 2.65. The number of hydrogen-bond donors (Lipinski definition) is 1. The van der Waals surface area contributed by atoms with Crippen molar-refractivity contribution >= 4 is 22.4 Å². The fourth-order valence-electron chi connectivity index (χ4n) is 6.70. The van der Waals surface area contributed by atoms with Crippen LogP contribution < -0.4 is 9.64 Å². The molecule has 2 atom stereocenters. The number of carbonyl (C=O) groups is 1. The zero-order valence-electron chi connectivity index (χ0n) is 22.4. The molecule has 4 heterocycles. The largest absolute Gasteiger partial charge is 0.488 e. The number of carboxylic acids is 1. The molecule has 7 rings (SSSR count). The van der Waals surface area contributed by atoms with Crippen molar-refractivity contribution in [3.05, 3.63) is 64.0 Å². The van der Waals surface area contributed by atoms with Crippen LogP contribution in [0.5, 0.6) is 5.75 Å². The molecule has 0 bridgehead atoms. The average Bonchev–Trinajstić information content (AvgIpc) is 3.28. The van der Waals surface area contributed by atoms with E-state index >= 15 is 0 Å². The number of hydrogen-bond acceptors (Lipinski definition) is 7. The molecule has 0 unspecified atom stereocenters. The third-order valence-corrected chi connectivity index (χ3v) is 10.1. The molecule has 1 aliphatic carbocycles. The van der Waals surface area contributed by atoms with E-state index in [-0.39, 0.29) is 5.92 Å². The van der Waals surface area contributed by atoms with E-state index in [1.807, 2.05) is 6.07 Å². The van der Waals surface area contributed by atoms with E-state index in [2.05, 4.69) is 52.4 Å². The Morgan fingerprint density at radius 2 is 2.08 bits per heavy atom. The molecule has 204 valence electrons. The summed E-state index contributed by atoms with van der Waals surface area (Å²) in [6, 6.07) is 13.7. The monoisotopic (exact) mass is 545 g/mol. The summed E-state index contributed by atoms with van der Waals surface area (Å²) in [5, 5.41) is 12.6. The molecule has 4 aliphatic rings. The van der Waals surface area contributed by atoms with Gasteiger partial charge in [0.2, 0.25) is 0 Å². The number of ether oxygens (including phenoxy) is 2. The molecule has 3 aliphatic heterocycles. The van der Waals surface area contributed by atoms with Gasteiger partial charge in [-0.3, -0.25) is 9.69 Å². The van der Waals surface area contributed by atoms with E-state index in [0.29, 0.717) is 19.2 Å². The second-order valence-corrected chi connectivity index (χ2v) is 12.6. The molecule has 1 N–H and O–H groups in total. The predicted octanol–water partition coefficient (Wildman–Crippen LogP) is 5.15. The first kappa shape index (κ1) is 25.1. The maximum atomic E-state index is 11.7. The Morgan fingerprint density at radius 3 is 2.90 bits per heavy atom. The molecule has 0 radical (unpaired) electrons. The van der Waals surface area contributed by atoms with E-state index < -0.39 is 11.4 Å². The Morgan fingerprint density at radius 1 is 1.21 bits per heavy atom. The Labute approximate surface area is 233 Å². The van der Waals surface area contributed by atoms with Crippen LogP contribution in [0.2, 0.25) is 0 Å². The van der Waals surface area contributed by atoms with Gasteiger partial charge in [-0.25, -0.2) is 4.98 Å². The fraction of sp³-hybridized carbons (Fsp3) is 0.484. The fourth-order valence-corrected chi connectivity index (χ4v) is 7.54. The number of fused-ring (bicyclic) bond motifs is 2. The minimum atomic E-state index is -0.667. The zero-order chi connectivity index (χ0) is 26.6. The van der Waals surface area contributed by atoms with Crippen molar-refractivity contribution in [1.29, 1.82) is 0 Å². The molecule has 1 saturated carbocycles. The van der Waals surface area contributed by atoms with Crippen molar-refractivity contribution in [2.45, 2.75) is 51.8 Å². The molecule has 39 heavy (non-hydrogen) atoms. The molecule has 2 aromatic carbocycles. The van der Waals surface area contributed by atoms with Gasteiger partial charge in [-0.05, 0) is 67.3 Å². The minimum absolute atomic E-state index is 0.252. The molecular weight excluding hydrogens is 510 g/mol. The van der Waals surface area contributed by atoms with Crippen molar-refractivity contribution < 1.29 is 19.4 Å². The topological polar surface area (TPSA) is 75.1 Å². The number of carboxylic acid groups (broad SMARTS) is 1.